The van der Waals surface area contributed by atoms with Gasteiger partial charge in [-0.15, -0.1) is 5.10 Å². The highest BCUT2D eigenvalue weighted by Gasteiger charge is 2.41. The van der Waals surface area contributed by atoms with Crippen LogP contribution in [0.15, 0.2) is 24.3 Å². The first-order valence-corrected chi connectivity index (χ1v) is 6.31. The maximum Gasteiger partial charge on any atom is 0.156 e. The largest absolute Gasteiger partial charge is 0.396 e. The minimum Gasteiger partial charge on any atom is -0.396 e. The number of hydrogen-bond donors (Lipinski definition) is 2. The Labute approximate surface area is 106 Å². The highest BCUT2D eigenvalue weighted by molar-refractivity contribution is 5.92. The number of benzene rings is 1. The van der Waals surface area contributed by atoms with Crippen molar-refractivity contribution in [2.45, 2.75) is 19.8 Å². The van der Waals surface area contributed by atoms with E-state index in [1.165, 1.54) is 0 Å². The lowest BCUT2D eigenvalue weighted by Crippen LogP contribution is -2.20. The molecule has 0 bridgehead atoms. The van der Waals surface area contributed by atoms with E-state index in [9.17, 15) is 5.11 Å². The standard InChI is InChI=1S/C14H17N3O/c1-10-11-4-2-3-5-12(11)13(17-16-10)15-8-14(9-18)6-7-14/h2-5,18H,6-9H2,1H3,(H,15,17). The number of hydrogen-bond acceptors (Lipinski definition) is 4. The van der Waals surface area contributed by atoms with Gasteiger partial charge in [0.15, 0.2) is 5.82 Å². The molecule has 1 aliphatic rings. The second kappa shape index (κ2) is 4.21. The average molecular weight is 243 g/mol. The molecule has 2 N–H and O–H groups in total. The number of anilines is 1. The zero-order chi connectivity index (χ0) is 12.6. The zero-order valence-electron chi connectivity index (χ0n) is 10.5. The van der Waals surface area contributed by atoms with Crippen LogP contribution < -0.4 is 5.32 Å². The van der Waals surface area contributed by atoms with Crippen LogP contribution in [0.5, 0.6) is 0 Å². The summed E-state index contributed by atoms with van der Waals surface area (Å²) < 4.78 is 0. The molecule has 94 valence electrons. The summed E-state index contributed by atoms with van der Waals surface area (Å²) in [5.74, 6) is 0.816. The van der Waals surface area contributed by atoms with Crippen molar-refractivity contribution in [2.75, 3.05) is 18.5 Å². The van der Waals surface area contributed by atoms with Gasteiger partial charge < -0.3 is 10.4 Å². The number of nitrogens with zero attached hydrogens (tertiary/aromatic N) is 2. The Bertz CT molecular complexity index is 578. The van der Waals surface area contributed by atoms with Gasteiger partial charge in [0.1, 0.15) is 0 Å². The van der Waals surface area contributed by atoms with Crippen LogP contribution in [-0.4, -0.2) is 28.5 Å². The third-order valence-electron chi connectivity index (χ3n) is 3.80. The van der Waals surface area contributed by atoms with Gasteiger partial charge in [-0.1, -0.05) is 24.3 Å². The molecule has 1 saturated carbocycles. The fourth-order valence-corrected chi connectivity index (χ4v) is 2.21. The average Bonchev–Trinajstić information content (AvgIpc) is 3.19. The summed E-state index contributed by atoms with van der Waals surface area (Å²) in [4.78, 5) is 0. The third-order valence-corrected chi connectivity index (χ3v) is 3.80. The van der Waals surface area contributed by atoms with E-state index in [0.29, 0.717) is 0 Å². The molecule has 4 heteroatoms. The van der Waals surface area contributed by atoms with Crippen LogP contribution in [0.4, 0.5) is 5.82 Å². The van der Waals surface area contributed by atoms with Crippen molar-refractivity contribution in [3.8, 4) is 0 Å². The predicted molar refractivity (Wildman–Crippen MR) is 71.5 cm³/mol. The van der Waals surface area contributed by atoms with E-state index in [-0.39, 0.29) is 12.0 Å². The van der Waals surface area contributed by atoms with Crippen molar-refractivity contribution < 1.29 is 5.11 Å². The maximum atomic E-state index is 9.32. The fourth-order valence-electron chi connectivity index (χ4n) is 2.21. The topological polar surface area (TPSA) is 58.0 Å². The van der Waals surface area contributed by atoms with E-state index < -0.39 is 0 Å². The predicted octanol–water partition coefficient (Wildman–Crippen LogP) is 2.12. The first-order chi connectivity index (χ1) is 8.74. The lowest BCUT2D eigenvalue weighted by Gasteiger charge is -2.14. The van der Waals surface area contributed by atoms with Gasteiger partial charge in [0.25, 0.3) is 0 Å². The van der Waals surface area contributed by atoms with E-state index in [1.807, 2.05) is 19.1 Å². The zero-order valence-corrected chi connectivity index (χ0v) is 10.5. The quantitative estimate of drug-likeness (QED) is 0.863. The van der Waals surface area contributed by atoms with Gasteiger partial charge in [-0.2, -0.15) is 5.10 Å². The molecule has 0 aliphatic heterocycles. The van der Waals surface area contributed by atoms with Crippen molar-refractivity contribution in [1.82, 2.24) is 10.2 Å². The van der Waals surface area contributed by atoms with Crippen LogP contribution in [0, 0.1) is 12.3 Å². The number of fused-ring (bicyclic) bond motifs is 1. The second-order valence-electron chi connectivity index (χ2n) is 5.19. The molecule has 4 nitrogen and oxygen atoms in total. The van der Waals surface area contributed by atoms with E-state index in [1.54, 1.807) is 0 Å². The molecule has 1 fully saturated rings. The van der Waals surface area contributed by atoms with Gasteiger partial charge in [0, 0.05) is 22.7 Å². The Hall–Kier alpha value is -1.68. The van der Waals surface area contributed by atoms with Crippen LogP contribution in [0.25, 0.3) is 10.8 Å². The summed E-state index contributed by atoms with van der Waals surface area (Å²) in [6.07, 6.45) is 2.18. The minimum absolute atomic E-state index is 0.0771. The van der Waals surface area contributed by atoms with Gasteiger partial charge in [-0.05, 0) is 19.8 Å². The molecule has 1 aromatic heterocycles. The third kappa shape index (κ3) is 1.93. The van der Waals surface area contributed by atoms with E-state index >= 15 is 0 Å². The summed E-state index contributed by atoms with van der Waals surface area (Å²) in [7, 11) is 0. The molecular weight excluding hydrogens is 226 g/mol. The highest BCUT2D eigenvalue weighted by Crippen LogP contribution is 2.45. The molecule has 18 heavy (non-hydrogen) atoms. The molecular formula is C14H17N3O. The lowest BCUT2D eigenvalue weighted by molar-refractivity contribution is 0.219. The van der Waals surface area contributed by atoms with Gasteiger partial charge in [-0.25, -0.2) is 0 Å². The van der Waals surface area contributed by atoms with Gasteiger partial charge in [0.2, 0.25) is 0 Å². The second-order valence-corrected chi connectivity index (χ2v) is 5.19. The fraction of sp³-hybridized carbons (Fsp3) is 0.429. The molecule has 1 aromatic carbocycles. The molecule has 2 aromatic rings. The summed E-state index contributed by atoms with van der Waals surface area (Å²) in [6, 6.07) is 8.13. The Morgan fingerprint density at radius 1 is 1.22 bits per heavy atom. The number of rotatable bonds is 4. The normalized spacial score (nSPS) is 16.8. The Morgan fingerprint density at radius 2 is 1.94 bits per heavy atom. The van der Waals surface area contributed by atoms with Crippen LogP contribution in [0.3, 0.4) is 0 Å². The summed E-state index contributed by atoms with van der Waals surface area (Å²) in [6.45, 7) is 2.98. The Balaban J connectivity index is 1.90. The number of aliphatic hydroxyl groups is 1. The molecule has 0 saturated heterocycles. The van der Waals surface area contributed by atoms with Crippen molar-refractivity contribution in [1.29, 1.82) is 0 Å². The molecule has 0 radical (unpaired) electrons. The molecule has 0 spiro atoms. The molecule has 1 aliphatic carbocycles. The van der Waals surface area contributed by atoms with Crippen LogP contribution >= 0.6 is 0 Å². The monoisotopic (exact) mass is 243 g/mol. The lowest BCUT2D eigenvalue weighted by atomic mass is 10.1. The summed E-state index contributed by atoms with van der Waals surface area (Å²) in [5, 5.41) is 23.3. The number of aliphatic hydroxyl groups excluding tert-OH is 1. The first-order valence-electron chi connectivity index (χ1n) is 6.31. The minimum atomic E-state index is 0.0771. The van der Waals surface area contributed by atoms with Gasteiger partial charge in [-0.3, -0.25) is 0 Å². The molecule has 0 unspecified atom stereocenters. The van der Waals surface area contributed by atoms with Crippen LogP contribution in [0.1, 0.15) is 18.5 Å². The van der Waals surface area contributed by atoms with E-state index in [2.05, 4.69) is 27.6 Å². The van der Waals surface area contributed by atoms with E-state index in [0.717, 1.165) is 41.7 Å². The Kier molecular flexibility index (Phi) is 2.67. The van der Waals surface area contributed by atoms with E-state index in [4.69, 9.17) is 0 Å². The first kappa shape index (κ1) is 11.4. The van der Waals surface area contributed by atoms with Crippen molar-refractivity contribution >= 4 is 16.6 Å². The molecule has 0 atom stereocenters. The molecule has 0 amide bonds. The Morgan fingerprint density at radius 3 is 2.61 bits per heavy atom. The summed E-state index contributed by atoms with van der Waals surface area (Å²) >= 11 is 0. The van der Waals surface area contributed by atoms with Crippen LogP contribution in [0.2, 0.25) is 0 Å². The summed E-state index contributed by atoms with van der Waals surface area (Å²) in [5.41, 5.74) is 1.02. The SMILES string of the molecule is Cc1nnc(NCC2(CO)CC2)c2ccccc12. The smallest absolute Gasteiger partial charge is 0.156 e. The van der Waals surface area contributed by atoms with Crippen molar-refractivity contribution in [3.05, 3.63) is 30.0 Å². The van der Waals surface area contributed by atoms with Gasteiger partial charge in [0.05, 0.1) is 12.3 Å². The van der Waals surface area contributed by atoms with Crippen LogP contribution in [-0.2, 0) is 0 Å². The van der Waals surface area contributed by atoms with Crippen molar-refractivity contribution in [2.24, 2.45) is 5.41 Å². The van der Waals surface area contributed by atoms with Gasteiger partial charge >= 0.3 is 0 Å². The number of nitrogens with one attached hydrogen (secondary N) is 1. The maximum absolute atomic E-state index is 9.32. The van der Waals surface area contributed by atoms with Crippen molar-refractivity contribution in [3.63, 3.8) is 0 Å². The number of aromatic nitrogens is 2. The highest BCUT2D eigenvalue weighted by atomic mass is 16.3. The molecule has 1 heterocycles. The number of aryl methyl sites for hydroxylation is 1. The molecule has 3 rings (SSSR count).